The molecule has 1 saturated heterocycles. The normalized spacial score (nSPS) is 20.2. The van der Waals surface area contributed by atoms with Crippen LogP contribution in [0.4, 0.5) is 13.2 Å². The minimum Gasteiger partial charge on any atom is -0.386 e. The van der Waals surface area contributed by atoms with Crippen molar-refractivity contribution in [2.75, 3.05) is 32.7 Å². The summed E-state index contributed by atoms with van der Waals surface area (Å²) in [6.07, 6.45) is -4.36. The van der Waals surface area contributed by atoms with Crippen molar-refractivity contribution in [3.8, 4) is 0 Å². The molecular weight excluding hydrogens is 369 g/mol. The van der Waals surface area contributed by atoms with Crippen molar-refractivity contribution in [1.82, 2.24) is 15.5 Å². The van der Waals surface area contributed by atoms with Crippen LogP contribution in [0.5, 0.6) is 0 Å². The quantitative estimate of drug-likeness (QED) is 0.514. The summed E-state index contributed by atoms with van der Waals surface area (Å²) >= 11 is 5.83. The Hall–Kier alpha value is -1.51. The predicted octanol–water partition coefficient (Wildman–Crippen LogP) is 2.57. The predicted molar refractivity (Wildman–Crippen MR) is 96.4 cm³/mol. The third-order valence-corrected chi connectivity index (χ3v) is 4.29. The van der Waals surface area contributed by atoms with Gasteiger partial charge in [0.15, 0.2) is 5.96 Å². The smallest absolute Gasteiger partial charge is 0.386 e. The minimum absolute atomic E-state index is 0.108. The summed E-state index contributed by atoms with van der Waals surface area (Å²) in [5.41, 5.74) is 0.700. The van der Waals surface area contributed by atoms with Gasteiger partial charge in [0.2, 0.25) is 0 Å². The second-order valence-electron chi connectivity index (χ2n) is 6.27. The SMILES string of the molecule is CCNC(=NCC(O)c1ccc(Cl)cc1)NC1CCN(CC(F)(F)F)C1. The van der Waals surface area contributed by atoms with Crippen LogP contribution in [-0.2, 0) is 0 Å². The zero-order chi connectivity index (χ0) is 19.2. The molecule has 2 rings (SSSR count). The number of aliphatic hydroxyl groups is 1. The fourth-order valence-corrected chi connectivity index (χ4v) is 2.96. The number of nitrogens with zero attached hydrogens (tertiary/aromatic N) is 2. The van der Waals surface area contributed by atoms with Gasteiger partial charge in [-0.1, -0.05) is 23.7 Å². The zero-order valence-corrected chi connectivity index (χ0v) is 15.3. The molecule has 2 atom stereocenters. The van der Waals surface area contributed by atoms with Crippen molar-refractivity contribution in [3.05, 3.63) is 34.9 Å². The number of benzene rings is 1. The lowest BCUT2D eigenvalue weighted by Crippen LogP contribution is -2.45. The van der Waals surface area contributed by atoms with E-state index in [1.165, 1.54) is 4.90 Å². The molecule has 2 unspecified atom stereocenters. The Morgan fingerprint density at radius 3 is 2.69 bits per heavy atom. The number of hydrogen-bond donors (Lipinski definition) is 3. The van der Waals surface area contributed by atoms with Crippen molar-refractivity contribution < 1.29 is 18.3 Å². The minimum atomic E-state index is -4.18. The number of guanidine groups is 1. The fraction of sp³-hybridized carbons (Fsp3) is 0.588. The standard InChI is InChI=1S/C17H24ClF3N4O/c1-2-22-16(23-9-15(26)12-3-5-13(18)6-4-12)24-14-7-8-25(10-14)11-17(19,20)21/h3-6,14-15,26H,2,7-11H2,1H3,(H2,22,23,24). The maximum Gasteiger partial charge on any atom is 0.401 e. The van der Waals surface area contributed by atoms with Crippen LogP contribution in [0.3, 0.4) is 0 Å². The maximum atomic E-state index is 12.5. The monoisotopic (exact) mass is 392 g/mol. The number of aliphatic hydroxyl groups excluding tert-OH is 1. The van der Waals surface area contributed by atoms with E-state index in [-0.39, 0.29) is 12.6 Å². The van der Waals surface area contributed by atoms with E-state index < -0.39 is 18.8 Å². The molecule has 0 bridgehead atoms. The Morgan fingerprint density at radius 1 is 1.38 bits per heavy atom. The molecule has 0 saturated carbocycles. The van der Waals surface area contributed by atoms with Crippen LogP contribution in [-0.4, -0.2) is 60.9 Å². The first-order chi connectivity index (χ1) is 12.3. The van der Waals surface area contributed by atoms with Gasteiger partial charge in [-0.2, -0.15) is 13.2 Å². The second-order valence-corrected chi connectivity index (χ2v) is 6.70. The first-order valence-electron chi connectivity index (χ1n) is 8.54. The van der Waals surface area contributed by atoms with Gasteiger partial charge in [-0.3, -0.25) is 9.89 Å². The van der Waals surface area contributed by atoms with E-state index in [0.717, 1.165) is 0 Å². The Labute approximate surface area is 156 Å². The molecular formula is C17H24ClF3N4O. The fourth-order valence-electron chi connectivity index (χ4n) is 2.83. The maximum absolute atomic E-state index is 12.5. The van der Waals surface area contributed by atoms with Gasteiger partial charge in [-0.25, -0.2) is 0 Å². The highest BCUT2D eigenvalue weighted by Crippen LogP contribution is 2.20. The Bertz CT molecular complexity index is 595. The average molecular weight is 393 g/mol. The summed E-state index contributed by atoms with van der Waals surface area (Å²) in [5, 5.41) is 17.0. The van der Waals surface area contributed by atoms with Gasteiger partial charge in [-0.05, 0) is 31.0 Å². The first-order valence-corrected chi connectivity index (χ1v) is 8.92. The van der Waals surface area contributed by atoms with Crippen LogP contribution in [0.1, 0.15) is 25.0 Å². The Kier molecular flexibility index (Phi) is 7.55. The van der Waals surface area contributed by atoms with Crippen molar-refractivity contribution in [1.29, 1.82) is 0 Å². The first kappa shape index (κ1) is 20.8. The zero-order valence-electron chi connectivity index (χ0n) is 14.6. The van der Waals surface area contributed by atoms with E-state index in [2.05, 4.69) is 15.6 Å². The molecule has 5 nitrogen and oxygen atoms in total. The highest BCUT2D eigenvalue weighted by atomic mass is 35.5. The van der Waals surface area contributed by atoms with Gasteiger partial charge in [0, 0.05) is 30.7 Å². The molecule has 0 radical (unpaired) electrons. The van der Waals surface area contributed by atoms with Crippen molar-refractivity contribution >= 4 is 17.6 Å². The summed E-state index contributed by atoms with van der Waals surface area (Å²) in [6, 6.07) is 6.74. The highest BCUT2D eigenvalue weighted by Gasteiger charge is 2.34. The van der Waals surface area contributed by atoms with Gasteiger partial charge >= 0.3 is 6.18 Å². The molecule has 0 aromatic heterocycles. The summed E-state index contributed by atoms with van der Waals surface area (Å²) in [5.74, 6) is 0.486. The van der Waals surface area contributed by atoms with Crippen LogP contribution < -0.4 is 10.6 Å². The van der Waals surface area contributed by atoms with Crippen molar-refractivity contribution in [3.63, 3.8) is 0 Å². The summed E-state index contributed by atoms with van der Waals surface area (Å²) < 4.78 is 37.4. The molecule has 146 valence electrons. The van der Waals surface area contributed by atoms with E-state index in [0.29, 0.717) is 42.6 Å². The number of alkyl halides is 3. The molecule has 1 aliphatic heterocycles. The van der Waals surface area contributed by atoms with Gasteiger partial charge < -0.3 is 15.7 Å². The van der Waals surface area contributed by atoms with Crippen LogP contribution in [0.25, 0.3) is 0 Å². The van der Waals surface area contributed by atoms with Gasteiger partial charge in [0.05, 0.1) is 19.2 Å². The Morgan fingerprint density at radius 2 is 2.08 bits per heavy atom. The molecule has 0 spiro atoms. The summed E-state index contributed by atoms with van der Waals surface area (Å²) in [4.78, 5) is 5.72. The third kappa shape index (κ3) is 7.01. The molecule has 26 heavy (non-hydrogen) atoms. The van der Waals surface area contributed by atoms with Crippen LogP contribution >= 0.6 is 11.6 Å². The number of aliphatic imine (C=N–C) groups is 1. The molecule has 1 aromatic rings. The molecule has 1 aromatic carbocycles. The second kappa shape index (κ2) is 9.43. The highest BCUT2D eigenvalue weighted by molar-refractivity contribution is 6.30. The van der Waals surface area contributed by atoms with E-state index in [4.69, 9.17) is 11.6 Å². The number of halogens is 4. The topological polar surface area (TPSA) is 59.9 Å². The van der Waals surface area contributed by atoms with E-state index in [9.17, 15) is 18.3 Å². The van der Waals surface area contributed by atoms with Gasteiger partial charge in [0.1, 0.15) is 0 Å². The molecule has 1 heterocycles. The van der Waals surface area contributed by atoms with Crippen molar-refractivity contribution in [2.24, 2.45) is 4.99 Å². The summed E-state index contributed by atoms with van der Waals surface area (Å²) in [6.45, 7) is 2.46. The molecule has 1 aliphatic rings. The van der Waals surface area contributed by atoms with Gasteiger partial charge in [-0.15, -0.1) is 0 Å². The van der Waals surface area contributed by atoms with E-state index >= 15 is 0 Å². The molecule has 3 N–H and O–H groups in total. The van der Waals surface area contributed by atoms with E-state index in [1.807, 2.05) is 6.92 Å². The van der Waals surface area contributed by atoms with Crippen LogP contribution in [0.15, 0.2) is 29.3 Å². The number of nitrogens with one attached hydrogen (secondary N) is 2. The molecule has 0 amide bonds. The average Bonchev–Trinajstić information content (AvgIpc) is 2.98. The lowest BCUT2D eigenvalue weighted by atomic mass is 10.1. The van der Waals surface area contributed by atoms with E-state index in [1.54, 1.807) is 24.3 Å². The lowest BCUT2D eigenvalue weighted by molar-refractivity contribution is -0.143. The summed E-state index contributed by atoms with van der Waals surface area (Å²) in [7, 11) is 0. The number of likely N-dealkylation sites (tertiary alicyclic amines) is 1. The van der Waals surface area contributed by atoms with Gasteiger partial charge in [0.25, 0.3) is 0 Å². The van der Waals surface area contributed by atoms with Crippen LogP contribution in [0.2, 0.25) is 5.02 Å². The van der Waals surface area contributed by atoms with Crippen molar-refractivity contribution in [2.45, 2.75) is 31.7 Å². The number of rotatable bonds is 6. The molecule has 0 aliphatic carbocycles. The lowest BCUT2D eigenvalue weighted by Gasteiger charge is -2.20. The molecule has 9 heteroatoms. The number of hydrogen-bond acceptors (Lipinski definition) is 3. The van der Waals surface area contributed by atoms with Crippen LogP contribution in [0, 0.1) is 0 Å². The molecule has 1 fully saturated rings. The Balaban J connectivity index is 1.89. The largest absolute Gasteiger partial charge is 0.401 e. The third-order valence-electron chi connectivity index (χ3n) is 4.04.